The summed E-state index contributed by atoms with van der Waals surface area (Å²) in [6.07, 6.45) is 0. The summed E-state index contributed by atoms with van der Waals surface area (Å²) in [5.74, 6) is -0.343. The summed E-state index contributed by atoms with van der Waals surface area (Å²) in [7, 11) is 1.66. The van der Waals surface area contributed by atoms with Gasteiger partial charge in [0.2, 0.25) is 0 Å². The van der Waals surface area contributed by atoms with Crippen LogP contribution in [0.15, 0.2) is 48.5 Å². The monoisotopic (exact) mass is 273 g/mol. The lowest BCUT2D eigenvalue weighted by atomic mass is 10.1. The molecule has 2 aromatic carbocycles. The Bertz CT molecular complexity index is 598. The first-order valence-electron chi connectivity index (χ1n) is 6.20. The summed E-state index contributed by atoms with van der Waals surface area (Å²) in [4.78, 5) is 13.6. The van der Waals surface area contributed by atoms with Gasteiger partial charge in [0.1, 0.15) is 5.82 Å². The normalized spacial score (nSPS) is 10.2. The van der Waals surface area contributed by atoms with Crippen molar-refractivity contribution in [3.05, 3.63) is 59.9 Å². The number of hydrogen-bond acceptors (Lipinski definition) is 2. The highest BCUT2D eigenvalue weighted by Gasteiger charge is 2.13. The van der Waals surface area contributed by atoms with Crippen molar-refractivity contribution in [3.8, 4) is 0 Å². The number of amides is 2. The van der Waals surface area contributed by atoms with E-state index in [2.05, 4.69) is 5.32 Å². The third-order valence-electron chi connectivity index (χ3n) is 2.97. The first kappa shape index (κ1) is 14.0. The molecule has 0 heterocycles. The fourth-order valence-corrected chi connectivity index (χ4v) is 1.86. The van der Waals surface area contributed by atoms with Gasteiger partial charge in [0.05, 0.1) is 0 Å². The van der Waals surface area contributed by atoms with Crippen LogP contribution in [0, 0.1) is 5.82 Å². The molecular weight excluding hydrogens is 257 g/mol. The summed E-state index contributed by atoms with van der Waals surface area (Å²) in [5, 5.41) is 2.70. The van der Waals surface area contributed by atoms with Gasteiger partial charge in [-0.1, -0.05) is 18.2 Å². The molecule has 0 aliphatic carbocycles. The molecule has 0 fully saturated rings. The predicted octanol–water partition coefficient (Wildman–Crippen LogP) is 2.95. The largest absolute Gasteiger partial charge is 0.326 e. The number of nitrogens with one attached hydrogen (secondary N) is 1. The predicted molar refractivity (Wildman–Crippen MR) is 78.2 cm³/mol. The van der Waals surface area contributed by atoms with Crippen LogP contribution in [0.25, 0.3) is 0 Å². The lowest BCUT2D eigenvalue weighted by Crippen LogP contribution is -2.32. The second kappa shape index (κ2) is 6.16. The zero-order valence-electron chi connectivity index (χ0n) is 11.1. The average molecular weight is 273 g/mol. The SMILES string of the molecule is CN(C(=O)Nc1ccc(F)cc1)c1ccccc1CN. The maximum absolute atomic E-state index is 12.8. The van der Waals surface area contributed by atoms with Crippen LogP contribution in [0.2, 0.25) is 0 Å². The maximum Gasteiger partial charge on any atom is 0.326 e. The number of urea groups is 1. The molecule has 2 aromatic rings. The summed E-state index contributed by atoms with van der Waals surface area (Å²) in [6, 6.07) is 12.7. The number of hydrogen-bond donors (Lipinski definition) is 2. The number of rotatable bonds is 3. The van der Waals surface area contributed by atoms with E-state index in [4.69, 9.17) is 5.73 Å². The first-order valence-corrected chi connectivity index (χ1v) is 6.20. The third-order valence-corrected chi connectivity index (χ3v) is 2.97. The summed E-state index contributed by atoms with van der Waals surface area (Å²) < 4.78 is 12.8. The molecule has 2 rings (SSSR count). The lowest BCUT2D eigenvalue weighted by Gasteiger charge is -2.20. The van der Waals surface area contributed by atoms with Crippen molar-refractivity contribution in [2.75, 3.05) is 17.3 Å². The Hall–Kier alpha value is -2.40. The molecule has 0 saturated carbocycles. The van der Waals surface area contributed by atoms with Crippen LogP contribution in [0.1, 0.15) is 5.56 Å². The van der Waals surface area contributed by atoms with Gasteiger partial charge in [-0.15, -0.1) is 0 Å². The van der Waals surface area contributed by atoms with Crippen molar-refractivity contribution in [2.45, 2.75) is 6.54 Å². The van der Waals surface area contributed by atoms with Crippen LogP contribution in [-0.4, -0.2) is 13.1 Å². The number of nitrogens with two attached hydrogens (primary N) is 1. The van der Waals surface area contributed by atoms with Gasteiger partial charge in [0.25, 0.3) is 0 Å². The minimum Gasteiger partial charge on any atom is -0.326 e. The molecule has 0 aromatic heterocycles. The molecule has 0 radical (unpaired) electrons. The van der Waals surface area contributed by atoms with E-state index in [1.165, 1.54) is 29.2 Å². The van der Waals surface area contributed by atoms with Crippen LogP contribution in [0.3, 0.4) is 0 Å². The molecule has 0 saturated heterocycles. The Morgan fingerprint density at radius 1 is 1.20 bits per heavy atom. The van der Waals surface area contributed by atoms with E-state index in [0.717, 1.165) is 11.3 Å². The van der Waals surface area contributed by atoms with Gasteiger partial charge in [-0.2, -0.15) is 0 Å². The molecular formula is C15H16FN3O. The van der Waals surface area contributed by atoms with Gasteiger partial charge >= 0.3 is 6.03 Å². The molecule has 0 spiro atoms. The molecule has 0 aliphatic rings. The van der Waals surface area contributed by atoms with E-state index in [1.807, 2.05) is 24.3 Å². The zero-order valence-corrected chi connectivity index (χ0v) is 11.1. The van der Waals surface area contributed by atoms with Crippen LogP contribution in [0.4, 0.5) is 20.6 Å². The molecule has 20 heavy (non-hydrogen) atoms. The third kappa shape index (κ3) is 3.13. The highest BCUT2D eigenvalue weighted by Crippen LogP contribution is 2.19. The highest BCUT2D eigenvalue weighted by molar-refractivity contribution is 6.01. The maximum atomic E-state index is 12.8. The van der Waals surface area contributed by atoms with Crippen molar-refractivity contribution in [2.24, 2.45) is 5.73 Å². The summed E-state index contributed by atoms with van der Waals surface area (Å²) in [6.45, 7) is 0.352. The Morgan fingerprint density at radius 2 is 1.85 bits per heavy atom. The van der Waals surface area contributed by atoms with Gasteiger partial charge in [-0.25, -0.2) is 9.18 Å². The molecule has 2 amide bonds. The molecule has 0 aliphatic heterocycles. The topological polar surface area (TPSA) is 58.4 Å². The number of carbonyl (C=O) groups excluding carboxylic acids is 1. The van der Waals surface area contributed by atoms with E-state index < -0.39 is 0 Å². The molecule has 0 unspecified atom stereocenters. The average Bonchev–Trinajstić information content (AvgIpc) is 2.48. The molecule has 3 N–H and O–H groups in total. The Kier molecular flexibility index (Phi) is 4.32. The minimum atomic E-state index is -0.343. The summed E-state index contributed by atoms with van der Waals surface area (Å²) >= 11 is 0. The fourth-order valence-electron chi connectivity index (χ4n) is 1.86. The first-order chi connectivity index (χ1) is 9.61. The molecule has 5 heteroatoms. The van der Waals surface area contributed by atoms with Gasteiger partial charge < -0.3 is 11.1 Å². The van der Waals surface area contributed by atoms with E-state index >= 15 is 0 Å². The molecule has 4 nitrogen and oxygen atoms in total. The number of nitrogens with zero attached hydrogens (tertiary/aromatic N) is 1. The van der Waals surface area contributed by atoms with Crippen molar-refractivity contribution in [3.63, 3.8) is 0 Å². The quantitative estimate of drug-likeness (QED) is 0.903. The van der Waals surface area contributed by atoms with Crippen molar-refractivity contribution in [1.82, 2.24) is 0 Å². The minimum absolute atomic E-state index is 0.308. The Morgan fingerprint density at radius 3 is 2.50 bits per heavy atom. The standard InChI is InChI=1S/C15H16FN3O/c1-19(14-5-3-2-4-11(14)10-17)15(20)18-13-8-6-12(16)7-9-13/h2-9H,10,17H2,1H3,(H,18,20). The van der Waals surface area contributed by atoms with Crippen molar-refractivity contribution < 1.29 is 9.18 Å². The number of carbonyl (C=O) groups is 1. The van der Waals surface area contributed by atoms with Crippen molar-refractivity contribution >= 4 is 17.4 Å². The van der Waals surface area contributed by atoms with E-state index in [9.17, 15) is 9.18 Å². The second-order valence-electron chi connectivity index (χ2n) is 4.33. The van der Waals surface area contributed by atoms with Crippen LogP contribution >= 0.6 is 0 Å². The van der Waals surface area contributed by atoms with Gasteiger partial charge in [-0.3, -0.25) is 4.90 Å². The number of halogens is 1. The number of benzene rings is 2. The fraction of sp³-hybridized carbons (Fsp3) is 0.133. The molecule has 0 bridgehead atoms. The van der Waals surface area contributed by atoms with E-state index in [0.29, 0.717) is 12.2 Å². The van der Waals surface area contributed by atoms with Gasteiger partial charge in [0.15, 0.2) is 0 Å². The smallest absolute Gasteiger partial charge is 0.326 e. The number of anilines is 2. The van der Waals surface area contributed by atoms with Crippen LogP contribution in [-0.2, 0) is 6.54 Å². The zero-order chi connectivity index (χ0) is 14.5. The van der Waals surface area contributed by atoms with E-state index in [1.54, 1.807) is 7.05 Å². The summed E-state index contributed by atoms with van der Waals surface area (Å²) in [5.41, 5.74) is 7.82. The van der Waals surface area contributed by atoms with Crippen LogP contribution in [0.5, 0.6) is 0 Å². The Labute approximate surface area is 117 Å². The lowest BCUT2D eigenvalue weighted by molar-refractivity contribution is 0.258. The second-order valence-corrected chi connectivity index (χ2v) is 4.33. The highest BCUT2D eigenvalue weighted by atomic mass is 19.1. The molecule has 104 valence electrons. The van der Waals surface area contributed by atoms with Gasteiger partial charge in [-0.05, 0) is 35.9 Å². The van der Waals surface area contributed by atoms with Crippen molar-refractivity contribution in [1.29, 1.82) is 0 Å². The Balaban J connectivity index is 2.14. The number of para-hydroxylation sites is 1. The van der Waals surface area contributed by atoms with Gasteiger partial charge in [0, 0.05) is 25.0 Å². The van der Waals surface area contributed by atoms with Crippen LogP contribution < -0.4 is 16.0 Å². The molecule has 0 atom stereocenters. The van der Waals surface area contributed by atoms with E-state index in [-0.39, 0.29) is 11.8 Å².